The van der Waals surface area contributed by atoms with E-state index < -0.39 is 0 Å². The molecule has 3 nitrogen and oxygen atoms in total. The van der Waals surface area contributed by atoms with Crippen LogP contribution in [0.25, 0.3) is 0 Å². The molecule has 0 N–H and O–H groups in total. The Morgan fingerprint density at radius 3 is 2.63 bits per heavy atom. The number of nitrogens with zero attached hydrogens (tertiary/aromatic N) is 3. The molecule has 0 amide bonds. The molecule has 0 aromatic heterocycles. The van der Waals surface area contributed by atoms with Gasteiger partial charge in [-0.2, -0.15) is 0 Å². The lowest BCUT2D eigenvalue weighted by Gasteiger charge is -2.34. The molecule has 0 bridgehead atoms. The molecule has 0 spiro atoms. The molecular formula is C24H35N3. The quantitative estimate of drug-likeness (QED) is 0.341. The van der Waals surface area contributed by atoms with Gasteiger partial charge < -0.3 is 4.90 Å². The first-order valence-electron chi connectivity index (χ1n) is 10.4. The van der Waals surface area contributed by atoms with E-state index in [-0.39, 0.29) is 0 Å². The summed E-state index contributed by atoms with van der Waals surface area (Å²) in [5.41, 5.74) is 3.74. The second kappa shape index (κ2) is 11.5. The maximum Gasteiger partial charge on any atom is 0.154 e. The molecule has 3 heteroatoms. The maximum absolute atomic E-state index is 4.72. The van der Waals surface area contributed by atoms with E-state index in [1.807, 2.05) is 0 Å². The summed E-state index contributed by atoms with van der Waals surface area (Å²) >= 11 is 0. The van der Waals surface area contributed by atoms with Gasteiger partial charge in [0.05, 0.1) is 0 Å². The third-order valence-electron chi connectivity index (χ3n) is 4.97. The van der Waals surface area contributed by atoms with Crippen molar-refractivity contribution in [1.82, 2.24) is 4.90 Å². The average molecular weight is 366 g/mol. The number of hydrogen-bond donors (Lipinski definition) is 0. The van der Waals surface area contributed by atoms with Crippen LogP contribution >= 0.6 is 0 Å². The highest BCUT2D eigenvalue weighted by atomic mass is 15.1. The van der Waals surface area contributed by atoms with E-state index in [1.165, 1.54) is 24.1 Å². The normalized spacial score (nSPS) is 17.4. The predicted molar refractivity (Wildman–Crippen MR) is 119 cm³/mol. The zero-order chi connectivity index (χ0) is 19.5. The fourth-order valence-corrected chi connectivity index (χ4v) is 3.54. The molecule has 0 atom stereocenters. The second-order valence-electron chi connectivity index (χ2n) is 7.18. The van der Waals surface area contributed by atoms with E-state index in [9.17, 15) is 0 Å². The topological polar surface area (TPSA) is 28.0 Å². The van der Waals surface area contributed by atoms with E-state index >= 15 is 0 Å². The van der Waals surface area contributed by atoms with Gasteiger partial charge >= 0.3 is 0 Å². The summed E-state index contributed by atoms with van der Waals surface area (Å²) in [6.07, 6.45) is 13.4. The molecule has 0 unspecified atom stereocenters. The molecule has 1 aliphatic rings. The molecule has 1 aromatic rings. The fourth-order valence-electron chi connectivity index (χ4n) is 3.54. The molecule has 1 heterocycles. The van der Waals surface area contributed by atoms with Gasteiger partial charge in [-0.15, -0.1) is 0 Å². The number of rotatable bonds is 7. The monoisotopic (exact) mass is 365 g/mol. The standard InChI is InChI=1S/C24H35N3/c1-5-9-23(10-6-2)27-17-14-21(15-18-27)13-16-26-24(25-7-3)22-12-8-11-20(4)19-22/h5,8-12,16,19,21H,6-7,13-15,17-18H2,1-4H3/b9-5-,23-10+,25-24?,26-16?. The van der Waals surface area contributed by atoms with Gasteiger partial charge in [0.2, 0.25) is 0 Å². The summed E-state index contributed by atoms with van der Waals surface area (Å²) in [6, 6.07) is 8.44. The van der Waals surface area contributed by atoms with Crippen LogP contribution in [-0.2, 0) is 0 Å². The predicted octanol–water partition coefficient (Wildman–Crippen LogP) is 5.80. The summed E-state index contributed by atoms with van der Waals surface area (Å²) in [5.74, 6) is 1.58. The number of amidine groups is 1. The summed E-state index contributed by atoms with van der Waals surface area (Å²) in [5, 5.41) is 0. The van der Waals surface area contributed by atoms with Crippen LogP contribution in [0.4, 0.5) is 0 Å². The molecule has 1 fully saturated rings. The lowest BCUT2D eigenvalue weighted by Crippen LogP contribution is -2.32. The number of aryl methyl sites for hydroxylation is 1. The summed E-state index contributed by atoms with van der Waals surface area (Å²) in [7, 11) is 0. The summed E-state index contributed by atoms with van der Waals surface area (Å²) < 4.78 is 0. The van der Waals surface area contributed by atoms with Gasteiger partial charge in [0, 0.05) is 37.1 Å². The Morgan fingerprint density at radius 1 is 1.22 bits per heavy atom. The first-order valence-corrected chi connectivity index (χ1v) is 10.4. The van der Waals surface area contributed by atoms with Crippen LogP contribution in [0.1, 0.15) is 57.6 Å². The van der Waals surface area contributed by atoms with E-state index in [4.69, 9.17) is 4.99 Å². The van der Waals surface area contributed by atoms with Crippen molar-refractivity contribution in [3.63, 3.8) is 0 Å². The lowest BCUT2D eigenvalue weighted by molar-refractivity contribution is 0.236. The Morgan fingerprint density at radius 2 is 2.00 bits per heavy atom. The molecule has 1 aromatic carbocycles. The average Bonchev–Trinajstić information content (AvgIpc) is 2.68. The van der Waals surface area contributed by atoms with Gasteiger partial charge in [0.1, 0.15) is 0 Å². The fraction of sp³-hybridized carbons (Fsp3) is 0.500. The lowest BCUT2D eigenvalue weighted by atomic mass is 9.93. The van der Waals surface area contributed by atoms with E-state index in [0.29, 0.717) is 0 Å². The van der Waals surface area contributed by atoms with Crippen molar-refractivity contribution in [1.29, 1.82) is 0 Å². The Hall–Kier alpha value is -2.16. The minimum atomic E-state index is 0.721. The van der Waals surface area contributed by atoms with Crippen molar-refractivity contribution in [3.8, 4) is 0 Å². The molecule has 0 radical (unpaired) electrons. The summed E-state index contributed by atoms with van der Waals surface area (Å²) in [4.78, 5) is 11.8. The number of piperidine rings is 1. The Bertz CT molecular complexity index is 689. The maximum atomic E-state index is 4.72. The largest absolute Gasteiger partial charge is 0.372 e. The molecule has 0 aliphatic carbocycles. The van der Waals surface area contributed by atoms with Gasteiger partial charge in [-0.05, 0) is 64.5 Å². The van der Waals surface area contributed by atoms with Crippen molar-refractivity contribution in [3.05, 3.63) is 59.3 Å². The van der Waals surface area contributed by atoms with Crippen LogP contribution in [0.3, 0.4) is 0 Å². The third kappa shape index (κ3) is 6.82. The number of benzene rings is 1. The van der Waals surface area contributed by atoms with Crippen molar-refractivity contribution >= 4 is 12.1 Å². The Kier molecular flexibility index (Phi) is 9.03. The van der Waals surface area contributed by atoms with Crippen LogP contribution in [-0.4, -0.2) is 36.6 Å². The highest BCUT2D eigenvalue weighted by molar-refractivity contribution is 6.03. The minimum absolute atomic E-state index is 0.721. The van der Waals surface area contributed by atoms with Gasteiger partial charge in [0.15, 0.2) is 5.84 Å². The Labute approximate surface area is 165 Å². The molecule has 27 heavy (non-hydrogen) atoms. The highest BCUT2D eigenvalue weighted by Gasteiger charge is 2.19. The first kappa shape index (κ1) is 21.1. The zero-order valence-corrected chi connectivity index (χ0v) is 17.5. The Balaban J connectivity index is 1.91. The van der Waals surface area contributed by atoms with Gasteiger partial charge in [0.25, 0.3) is 0 Å². The first-order chi connectivity index (χ1) is 13.2. The second-order valence-corrected chi connectivity index (χ2v) is 7.18. The molecule has 2 rings (SSSR count). The van der Waals surface area contributed by atoms with Gasteiger partial charge in [-0.1, -0.05) is 42.8 Å². The van der Waals surface area contributed by atoms with Crippen LogP contribution in [0.5, 0.6) is 0 Å². The highest BCUT2D eigenvalue weighted by Crippen LogP contribution is 2.23. The molecule has 1 saturated heterocycles. The smallest absolute Gasteiger partial charge is 0.154 e. The SMILES string of the molecule is C/C=C\C(=C/CC)N1CCC(CC=NC(=NCC)c2cccc(C)c2)CC1. The minimum Gasteiger partial charge on any atom is -0.372 e. The van der Waals surface area contributed by atoms with Gasteiger partial charge in [-0.25, -0.2) is 4.99 Å². The number of hydrogen-bond acceptors (Lipinski definition) is 2. The van der Waals surface area contributed by atoms with Crippen molar-refractivity contribution < 1.29 is 0 Å². The van der Waals surface area contributed by atoms with E-state index in [2.05, 4.69) is 86.3 Å². The van der Waals surface area contributed by atoms with Crippen molar-refractivity contribution in [2.24, 2.45) is 15.9 Å². The van der Waals surface area contributed by atoms with Crippen molar-refractivity contribution in [2.75, 3.05) is 19.6 Å². The van der Waals surface area contributed by atoms with E-state index in [1.54, 1.807) is 0 Å². The number of allylic oxidation sites excluding steroid dienone is 3. The molecular weight excluding hydrogens is 330 g/mol. The van der Waals surface area contributed by atoms with Crippen LogP contribution in [0.15, 0.2) is 58.2 Å². The number of aliphatic imine (C=N–C) groups is 2. The van der Waals surface area contributed by atoms with Crippen LogP contribution in [0.2, 0.25) is 0 Å². The molecule has 0 saturated carbocycles. The van der Waals surface area contributed by atoms with Gasteiger partial charge in [-0.3, -0.25) is 4.99 Å². The molecule has 1 aliphatic heterocycles. The van der Waals surface area contributed by atoms with Crippen LogP contribution in [0, 0.1) is 12.8 Å². The molecule has 146 valence electrons. The van der Waals surface area contributed by atoms with E-state index in [0.717, 1.165) is 49.8 Å². The van der Waals surface area contributed by atoms with Crippen LogP contribution < -0.4 is 0 Å². The number of likely N-dealkylation sites (tertiary alicyclic amines) is 1. The third-order valence-corrected chi connectivity index (χ3v) is 4.97. The zero-order valence-electron chi connectivity index (χ0n) is 17.5. The summed E-state index contributed by atoms with van der Waals surface area (Å²) in [6.45, 7) is 11.5. The van der Waals surface area contributed by atoms with Crippen molar-refractivity contribution in [2.45, 2.75) is 53.4 Å².